The summed E-state index contributed by atoms with van der Waals surface area (Å²) in [6.45, 7) is 0. The molecule has 0 spiro atoms. The Kier molecular flexibility index (Phi) is 4.39. The molecule has 0 radical (unpaired) electrons. The molecule has 0 heterocycles. The van der Waals surface area contributed by atoms with E-state index in [2.05, 4.69) is 4.74 Å². The standard InChI is InChI=1S/C5H8N2O2S/c1-9-4(8)2-3-10-5(6)7/h2-3H,1H3,(H3,6,7)/b3-2+. The molecule has 0 amide bonds. The molecule has 0 aliphatic rings. The van der Waals surface area contributed by atoms with Gasteiger partial charge in [0, 0.05) is 6.08 Å². The van der Waals surface area contributed by atoms with Crippen LogP contribution >= 0.6 is 11.8 Å². The van der Waals surface area contributed by atoms with Crippen LogP contribution < -0.4 is 5.73 Å². The van der Waals surface area contributed by atoms with Gasteiger partial charge in [-0.25, -0.2) is 4.79 Å². The van der Waals surface area contributed by atoms with Crippen LogP contribution in [0, 0.1) is 5.41 Å². The zero-order valence-corrected chi connectivity index (χ0v) is 6.27. The number of amidine groups is 1. The zero-order chi connectivity index (χ0) is 7.98. The summed E-state index contributed by atoms with van der Waals surface area (Å²) >= 11 is 0.955. The number of nitrogens with one attached hydrogen (secondary N) is 1. The van der Waals surface area contributed by atoms with Gasteiger partial charge in [-0.05, 0) is 5.41 Å². The first-order chi connectivity index (χ1) is 4.66. The van der Waals surface area contributed by atoms with Gasteiger partial charge in [0.05, 0.1) is 7.11 Å². The Hall–Kier alpha value is -0.970. The highest BCUT2D eigenvalue weighted by Crippen LogP contribution is 1.98. The highest BCUT2D eigenvalue weighted by Gasteiger charge is 1.89. The van der Waals surface area contributed by atoms with Crippen molar-refractivity contribution in [2.24, 2.45) is 5.73 Å². The van der Waals surface area contributed by atoms with Gasteiger partial charge >= 0.3 is 5.97 Å². The Morgan fingerprint density at radius 2 is 2.40 bits per heavy atom. The highest BCUT2D eigenvalue weighted by atomic mass is 32.2. The molecule has 0 fully saturated rings. The number of methoxy groups -OCH3 is 1. The molecular weight excluding hydrogens is 152 g/mol. The van der Waals surface area contributed by atoms with Crippen molar-refractivity contribution >= 4 is 22.9 Å². The molecule has 10 heavy (non-hydrogen) atoms. The van der Waals surface area contributed by atoms with Crippen molar-refractivity contribution < 1.29 is 9.53 Å². The number of thioether (sulfide) groups is 1. The molecular formula is C5H8N2O2S. The maximum absolute atomic E-state index is 10.4. The van der Waals surface area contributed by atoms with E-state index in [-0.39, 0.29) is 5.17 Å². The van der Waals surface area contributed by atoms with E-state index in [1.165, 1.54) is 18.6 Å². The topological polar surface area (TPSA) is 76.2 Å². The molecule has 0 aromatic carbocycles. The summed E-state index contributed by atoms with van der Waals surface area (Å²) in [5.41, 5.74) is 4.96. The Labute approximate surface area is 62.9 Å². The number of hydrogen-bond donors (Lipinski definition) is 2. The Morgan fingerprint density at radius 1 is 1.80 bits per heavy atom. The quantitative estimate of drug-likeness (QED) is 0.263. The number of hydrogen-bond acceptors (Lipinski definition) is 4. The molecule has 56 valence electrons. The van der Waals surface area contributed by atoms with Gasteiger partial charge in [-0.15, -0.1) is 0 Å². The summed E-state index contributed by atoms with van der Waals surface area (Å²) in [7, 11) is 1.28. The smallest absolute Gasteiger partial charge is 0.330 e. The molecule has 0 aromatic rings. The summed E-state index contributed by atoms with van der Waals surface area (Å²) < 4.78 is 4.28. The first kappa shape index (κ1) is 9.03. The van der Waals surface area contributed by atoms with E-state index in [1.807, 2.05) is 0 Å². The fraction of sp³-hybridized carbons (Fsp3) is 0.200. The molecule has 0 rings (SSSR count). The monoisotopic (exact) mass is 160 g/mol. The molecule has 0 aliphatic heterocycles. The maximum Gasteiger partial charge on any atom is 0.330 e. The molecule has 3 N–H and O–H groups in total. The molecule has 0 bridgehead atoms. The minimum absolute atomic E-state index is 0.0554. The molecule has 4 nitrogen and oxygen atoms in total. The second kappa shape index (κ2) is 4.87. The first-order valence-electron chi connectivity index (χ1n) is 2.42. The largest absolute Gasteiger partial charge is 0.466 e. The van der Waals surface area contributed by atoms with E-state index in [0.717, 1.165) is 11.8 Å². The number of ether oxygens (including phenoxy) is 1. The number of nitrogens with two attached hydrogens (primary N) is 1. The van der Waals surface area contributed by atoms with Gasteiger partial charge in [0.1, 0.15) is 0 Å². The Balaban J connectivity index is 3.56. The normalized spacial score (nSPS) is 9.70. The lowest BCUT2D eigenvalue weighted by molar-refractivity contribution is -0.134. The number of carbonyl (C=O) groups excluding carboxylic acids is 1. The highest BCUT2D eigenvalue weighted by molar-refractivity contribution is 8.16. The predicted octanol–water partition coefficient (Wildman–Crippen LogP) is 0.300. The van der Waals surface area contributed by atoms with E-state index in [0.29, 0.717) is 0 Å². The number of carbonyl (C=O) groups is 1. The minimum atomic E-state index is -0.450. The van der Waals surface area contributed by atoms with Crippen molar-refractivity contribution in [1.29, 1.82) is 5.41 Å². The summed E-state index contributed by atoms with van der Waals surface area (Å²) in [6.07, 6.45) is 1.20. The molecule has 0 aromatic heterocycles. The van der Waals surface area contributed by atoms with Gasteiger partial charge in [-0.2, -0.15) is 0 Å². The van der Waals surface area contributed by atoms with Crippen LogP contribution in [0.5, 0.6) is 0 Å². The second-order valence-corrected chi connectivity index (χ2v) is 2.26. The predicted molar refractivity (Wildman–Crippen MR) is 40.7 cm³/mol. The lowest BCUT2D eigenvalue weighted by Crippen LogP contribution is -2.01. The van der Waals surface area contributed by atoms with Crippen molar-refractivity contribution in [2.45, 2.75) is 0 Å². The third kappa shape index (κ3) is 5.17. The lowest BCUT2D eigenvalue weighted by atomic mass is 10.7. The van der Waals surface area contributed by atoms with E-state index < -0.39 is 5.97 Å². The van der Waals surface area contributed by atoms with Crippen molar-refractivity contribution in [3.63, 3.8) is 0 Å². The molecule has 0 saturated carbocycles. The molecule has 0 atom stereocenters. The van der Waals surface area contributed by atoms with Crippen LogP contribution in [0.25, 0.3) is 0 Å². The van der Waals surface area contributed by atoms with Crippen LogP contribution in [0.1, 0.15) is 0 Å². The summed E-state index contributed by atoms with van der Waals surface area (Å²) in [4.78, 5) is 10.4. The van der Waals surface area contributed by atoms with Crippen molar-refractivity contribution in [3.05, 3.63) is 11.5 Å². The minimum Gasteiger partial charge on any atom is -0.466 e. The third-order valence-electron chi connectivity index (χ3n) is 0.600. The van der Waals surface area contributed by atoms with Crippen LogP contribution in [-0.2, 0) is 9.53 Å². The van der Waals surface area contributed by atoms with E-state index in [9.17, 15) is 4.79 Å². The van der Waals surface area contributed by atoms with Crippen LogP contribution in [0.4, 0.5) is 0 Å². The SMILES string of the molecule is COC(=O)/C=C/SC(=N)N. The van der Waals surface area contributed by atoms with Gasteiger partial charge in [-0.3, -0.25) is 5.41 Å². The average Bonchev–Trinajstić information content (AvgIpc) is 1.87. The van der Waals surface area contributed by atoms with E-state index in [1.54, 1.807) is 0 Å². The molecule has 5 heteroatoms. The van der Waals surface area contributed by atoms with Gasteiger partial charge in [0.15, 0.2) is 5.17 Å². The molecule has 0 saturated heterocycles. The summed E-state index contributed by atoms with van der Waals surface area (Å²) in [6, 6.07) is 0. The van der Waals surface area contributed by atoms with Crippen molar-refractivity contribution in [2.75, 3.05) is 7.11 Å². The van der Waals surface area contributed by atoms with Gasteiger partial charge in [-0.1, -0.05) is 11.8 Å². The van der Waals surface area contributed by atoms with Crippen molar-refractivity contribution in [1.82, 2.24) is 0 Å². The third-order valence-corrected chi connectivity index (χ3v) is 1.13. The van der Waals surface area contributed by atoms with Crippen molar-refractivity contribution in [3.8, 4) is 0 Å². The summed E-state index contributed by atoms with van der Waals surface area (Å²) in [5, 5.41) is 8.07. The first-order valence-corrected chi connectivity index (χ1v) is 3.30. The van der Waals surface area contributed by atoms with Crippen LogP contribution in [0.2, 0.25) is 0 Å². The number of esters is 1. The summed E-state index contributed by atoms with van der Waals surface area (Å²) in [5.74, 6) is -0.450. The average molecular weight is 160 g/mol. The van der Waals surface area contributed by atoms with Gasteiger partial charge < -0.3 is 10.5 Å². The number of rotatable bonds is 2. The fourth-order valence-electron chi connectivity index (χ4n) is 0.231. The Morgan fingerprint density at radius 3 is 2.80 bits per heavy atom. The Bertz CT molecular complexity index is 167. The molecule has 0 unspecified atom stereocenters. The maximum atomic E-state index is 10.4. The second-order valence-electron chi connectivity index (χ2n) is 1.31. The van der Waals surface area contributed by atoms with Crippen LogP contribution in [0.15, 0.2) is 11.5 Å². The zero-order valence-electron chi connectivity index (χ0n) is 5.46. The fourth-order valence-corrected chi connectivity index (χ4v) is 0.557. The lowest BCUT2D eigenvalue weighted by Gasteiger charge is -1.88. The van der Waals surface area contributed by atoms with Crippen LogP contribution in [-0.4, -0.2) is 18.2 Å². The molecule has 0 aliphatic carbocycles. The van der Waals surface area contributed by atoms with E-state index in [4.69, 9.17) is 11.1 Å². The van der Waals surface area contributed by atoms with Gasteiger partial charge in [0.2, 0.25) is 0 Å². The van der Waals surface area contributed by atoms with Gasteiger partial charge in [0.25, 0.3) is 0 Å². The van der Waals surface area contributed by atoms with Crippen LogP contribution in [0.3, 0.4) is 0 Å². The van der Waals surface area contributed by atoms with E-state index >= 15 is 0 Å².